The molecule has 0 spiro atoms. The molecule has 0 aliphatic carbocycles. The van der Waals surface area contributed by atoms with Crippen molar-refractivity contribution in [3.8, 4) is 10.8 Å². The molecular formula is C19H21N3O3S. The lowest BCUT2D eigenvalue weighted by Crippen LogP contribution is -2.32. The van der Waals surface area contributed by atoms with E-state index in [0.717, 1.165) is 21.5 Å². The fourth-order valence-electron chi connectivity index (χ4n) is 2.51. The van der Waals surface area contributed by atoms with Gasteiger partial charge in [-0.3, -0.25) is 4.79 Å². The van der Waals surface area contributed by atoms with Gasteiger partial charge in [-0.25, -0.2) is 4.79 Å². The number of thiophene rings is 1. The van der Waals surface area contributed by atoms with Crippen molar-refractivity contribution >= 4 is 17.2 Å². The van der Waals surface area contributed by atoms with E-state index in [2.05, 4.69) is 48.5 Å². The van der Waals surface area contributed by atoms with Crippen LogP contribution in [-0.2, 0) is 17.8 Å². The molecule has 2 heterocycles. The van der Waals surface area contributed by atoms with Gasteiger partial charge in [-0.1, -0.05) is 44.2 Å². The summed E-state index contributed by atoms with van der Waals surface area (Å²) in [5.41, 5.74) is 2.46. The fourth-order valence-corrected chi connectivity index (χ4v) is 3.16. The highest BCUT2D eigenvalue weighted by Gasteiger charge is 2.13. The van der Waals surface area contributed by atoms with Crippen LogP contribution in [0.2, 0.25) is 0 Å². The molecule has 0 atom stereocenters. The van der Waals surface area contributed by atoms with Gasteiger partial charge in [-0.15, -0.1) is 16.4 Å². The summed E-state index contributed by atoms with van der Waals surface area (Å²) in [6.07, 6.45) is 0.734. The molecule has 0 aliphatic heterocycles. The minimum absolute atomic E-state index is 0.153. The summed E-state index contributed by atoms with van der Waals surface area (Å²) in [6.45, 7) is 4.67. The van der Waals surface area contributed by atoms with Crippen molar-refractivity contribution in [2.24, 2.45) is 0 Å². The maximum Gasteiger partial charge on any atom is 0.437 e. The van der Waals surface area contributed by atoms with Gasteiger partial charge in [0, 0.05) is 6.54 Å². The van der Waals surface area contributed by atoms with Gasteiger partial charge >= 0.3 is 5.76 Å². The van der Waals surface area contributed by atoms with Gasteiger partial charge in [-0.2, -0.15) is 4.68 Å². The van der Waals surface area contributed by atoms with E-state index in [-0.39, 0.29) is 18.3 Å². The molecule has 1 aromatic carbocycles. The third kappa shape index (κ3) is 4.49. The highest BCUT2D eigenvalue weighted by molar-refractivity contribution is 7.13. The average molecular weight is 371 g/mol. The first-order valence-corrected chi connectivity index (χ1v) is 9.38. The van der Waals surface area contributed by atoms with Crippen LogP contribution in [0.5, 0.6) is 0 Å². The predicted octanol–water partition coefficient (Wildman–Crippen LogP) is 3.05. The number of nitrogens with one attached hydrogen (secondary N) is 1. The zero-order chi connectivity index (χ0) is 18.5. The summed E-state index contributed by atoms with van der Waals surface area (Å²) in [4.78, 5) is 24.6. The van der Waals surface area contributed by atoms with Crippen LogP contribution in [0.1, 0.15) is 30.9 Å². The zero-order valence-corrected chi connectivity index (χ0v) is 15.6. The molecule has 3 aromatic rings. The second-order valence-electron chi connectivity index (χ2n) is 6.30. The maximum atomic E-state index is 12.0. The lowest BCUT2D eigenvalue weighted by Gasteiger charge is -2.08. The van der Waals surface area contributed by atoms with Crippen LogP contribution in [0.25, 0.3) is 10.8 Å². The second kappa shape index (κ2) is 8.14. The van der Waals surface area contributed by atoms with Crippen LogP contribution in [0.15, 0.2) is 51.0 Å². The number of carbonyl (C=O) groups is 1. The van der Waals surface area contributed by atoms with E-state index in [1.807, 2.05) is 17.5 Å². The molecule has 6 nitrogen and oxygen atoms in total. The zero-order valence-electron chi connectivity index (χ0n) is 14.8. The van der Waals surface area contributed by atoms with Crippen LogP contribution in [0, 0.1) is 0 Å². The Morgan fingerprint density at radius 1 is 1.27 bits per heavy atom. The first kappa shape index (κ1) is 18.1. The van der Waals surface area contributed by atoms with Crippen LogP contribution in [-0.4, -0.2) is 22.2 Å². The molecule has 2 aromatic heterocycles. The van der Waals surface area contributed by atoms with E-state index in [1.165, 1.54) is 16.9 Å². The Balaban J connectivity index is 1.51. The lowest BCUT2D eigenvalue weighted by molar-refractivity contribution is -0.121. The van der Waals surface area contributed by atoms with Crippen LogP contribution in [0.3, 0.4) is 0 Å². The molecule has 1 amide bonds. The monoisotopic (exact) mass is 371 g/mol. The summed E-state index contributed by atoms with van der Waals surface area (Å²) in [7, 11) is 0. The molecule has 0 bridgehead atoms. The summed E-state index contributed by atoms with van der Waals surface area (Å²) in [5.74, 6) is -0.156. The lowest BCUT2D eigenvalue weighted by atomic mass is 10.0. The quantitative estimate of drug-likeness (QED) is 0.692. The van der Waals surface area contributed by atoms with Gasteiger partial charge in [0.05, 0.1) is 4.88 Å². The Hall–Kier alpha value is -2.67. The number of hydrogen-bond acceptors (Lipinski definition) is 5. The number of carbonyl (C=O) groups excluding carboxylic acids is 1. The minimum atomic E-state index is -0.632. The van der Waals surface area contributed by atoms with Gasteiger partial charge in [-0.05, 0) is 34.9 Å². The van der Waals surface area contributed by atoms with E-state index in [0.29, 0.717) is 12.5 Å². The SMILES string of the molecule is CC(C)c1ccc(CCNC(=O)Cn2nc(-c3cccs3)oc2=O)cc1. The number of benzene rings is 1. The molecule has 3 rings (SSSR count). The topological polar surface area (TPSA) is 77.1 Å². The van der Waals surface area contributed by atoms with Crippen LogP contribution >= 0.6 is 11.3 Å². The molecule has 0 fully saturated rings. The smallest absolute Gasteiger partial charge is 0.387 e. The molecule has 0 aliphatic rings. The number of nitrogens with zero attached hydrogens (tertiary/aromatic N) is 2. The summed E-state index contributed by atoms with van der Waals surface area (Å²) in [6, 6.07) is 12.0. The second-order valence-corrected chi connectivity index (χ2v) is 7.25. The van der Waals surface area contributed by atoms with Crippen molar-refractivity contribution in [3.05, 3.63) is 63.5 Å². The summed E-state index contributed by atoms with van der Waals surface area (Å²) in [5, 5.41) is 8.75. The average Bonchev–Trinajstić information content (AvgIpc) is 3.26. The first-order chi connectivity index (χ1) is 12.5. The van der Waals surface area contributed by atoms with Crippen molar-refractivity contribution in [1.29, 1.82) is 0 Å². The van der Waals surface area contributed by atoms with Crippen molar-refractivity contribution in [2.75, 3.05) is 6.54 Å². The Labute approximate surface area is 155 Å². The van der Waals surface area contributed by atoms with E-state index < -0.39 is 5.76 Å². The van der Waals surface area contributed by atoms with Crippen LogP contribution < -0.4 is 11.1 Å². The Kier molecular flexibility index (Phi) is 5.68. The Bertz CT molecular complexity index is 908. The minimum Gasteiger partial charge on any atom is -0.387 e. The molecule has 1 N–H and O–H groups in total. The van der Waals surface area contributed by atoms with Crippen molar-refractivity contribution in [2.45, 2.75) is 32.7 Å². The molecular weight excluding hydrogens is 350 g/mol. The number of aromatic nitrogens is 2. The largest absolute Gasteiger partial charge is 0.437 e. The van der Waals surface area contributed by atoms with Crippen molar-refractivity contribution < 1.29 is 9.21 Å². The molecule has 7 heteroatoms. The summed E-state index contributed by atoms with van der Waals surface area (Å²) < 4.78 is 6.13. The van der Waals surface area contributed by atoms with Gasteiger partial charge in [0.1, 0.15) is 6.54 Å². The summed E-state index contributed by atoms with van der Waals surface area (Å²) >= 11 is 1.42. The van der Waals surface area contributed by atoms with Gasteiger partial charge in [0.15, 0.2) is 0 Å². The number of amides is 1. The predicted molar refractivity (Wildman–Crippen MR) is 101 cm³/mol. The van der Waals surface area contributed by atoms with E-state index >= 15 is 0 Å². The normalized spacial score (nSPS) is 11.0. The molecule has 26 heavy (non-hydrogen) atoms. The number of rotatable bonds is 7. The third-order valence-electron chi connectivity index (χ3n) is 4.01. The molecule has 0 unspecified atom stereocenters. The van der Waals surface area contributed by atoms with Crippen molar-refractivity contribution in [1.82, 2.24) is 15.1 Å². The Morgan fingerprint density at radius 3 is 2.69 bits per heavy atom. The fraction of sp³-hybridized carbons (Fsp3) is 0.316. The highest BCUT2D eigenvalue weighted by Crippen LogP contribution is 2.21. The molecule has 0 saturated carbocycles. The van der Waals surface area contributed by atoms with E-state index in [1.54, 1.807) is 0 Å². The van der Waals surface area contributed by atoms with E-state index in [9.17, 15) is 9.59 Å². The van der Waals surface area contributed by atoms with E-state index in [4.69, 9.17) is 4.42 Å². The first-order valence-electron chi connectivity index (χ1n) is 8.50. The number of hydrogen-bond donors (Lipinski definition) is 1. The van der Waals surface area contributed by atoms with Gasteiger partial charge < -0.3 is 9.73 Å². The molecule has 136 valence electrons. The Morgan fingerprint density at radius 2 is 2.04 bits per heavy atom. The van der Waals surface area contributed by atoms with Crippen molar-refractivity contribution in [3.63, 3.8) is 0 Å². The maximum absolute atomic E-state index is 12.0. The highest BCUT2D eigenvalue weighted by atomic mass is 32.1. The molecule has 0 saturated heterocycles. The van der Waals surface area contributed by atoms with Gasteiger partial charge in [0.2, 0.25) is 5.91 Å². The third-order valence-corrected chi connectivity index (χ3v) is 4.87. The molecule has 0 radical (unpaired) electrons. The standard InChI is InChI=1S/C19H21N3O3S/c1-13(2)15-7-5-14(6-8-15)9-10-20-17(23)12-22-19(24)25-18(21-22)16-4-3-11-26-16/h3-8,11,13H,9-10,12H2,1-2H3,(H,20,23). The van der Waals surface area contributed by atoms with Gasteiger partial charge in [0.25, 0.3) is 5.89 Å². The van der Waals surface area contributed by atoms with Crippen LogP contribution in [0.4, 0.5) is 0 Å².